The minimum absolute atomic E-state index is 0.284. The Hall–Kier alpha value is -1.91. The predicted molar refractivity (Wildman–Crippen MR) is 78.0 cm³/mol. The second-order valence-corrected chi connectivity index (χ2v) is 5.13. The summed E-state index contributed by atoms with van der Waals surface area (Å²) in [5.74, 6) is -0.916. The summed E-state index contributed by atoms with van der Waals surface area (Å²) in [6.45, 7) is 4.33. The molecule has 0 fully saturated rings. The predicted octanol–water partition coefficient (Wildman–Crippen LogP) is 3.66. The molecule has 0 radical (unpaired) electrons. The van der Waals surface area contributed by atoms with Crippen molar-refractivity contribution < 1.29 is 9.90 Å². The number of nitrogens with zero attached hydrogens (tertiary/aromatic N) is 3. The Morgan fingerprint density at radius 3 is 2.75 bits per heavy atom. The SMILES string of the molecule is CCCCC(CCC)n1nnc2ccc(C(=O)O)cc21. The van der Waals surface area contributed by atoms with E-state index in [1.54, 1.807) is 18.2 Å². The lowest BCUT2D eigenvalue weighted by molar-refractivity contribution is 0.0697. The lowest BCUT2D eigenvalue weighted by Crippen LogP contribution is -2.11. The fourth-order valence-corrected chi connectivity index (χ4v) is 2.50. The third kappa shape index (κ3) is 2.98. The number of carboxylic acid groups (broad SMARTS) is 1. The van der Waals surface area contributed by atoms with E-state index < -0.39 is 5.97 Å². The van der Waals surface area contributed by atoms with Crippen LogP contribution in [0.2, 0.25) is 0 Å². The van der Waals surface area contributed by atoms with Gasteiger partial charge in [-0.25, -0.2) is 9.48 Å². The van der Waals surface area contributed by atoms with Crippen LogP contribution in [0.1, 0.15) is 62.4 Å². The average molecular weight is 275 g/mol. The number of carbonyl (C=O) groups is 1. The van der Waals surface area contributed by atoms with Gasteiger partial charge >= 0.3 is 5.97 Å². The highest BCUT2D eigenvalue weighted by atomic mass is 16.4. The van der Waals surface area contributed by atoms with Gasteiger partial charge in [-0.15, -0.1) is 5.10 Å². The fraction of sp³-hybridized carbons (Fsp3) is 0.533. The zero-order chi connectivity index (χ0) is 14.5. The summed E-state index contributed by atoms with van der Waals surface area (Å²) in [6.07, 6.45) is 5.46. The van der Waals surface area contributed by atoms with E-state index >= 15 is 0 Å². The van der Waals surface area contributed by atoms with Crippen LogP contribution in [0, 0.1) is 0 Å². The summed E-state index contributed by atoms with van der Waals surface area (Å²) in [5.41, 5.74) is 1.86. The molecule has 2 aromatic rings. The van der Waals surface area contributed by atoms with Crippen molar-refractivity contribution in [2.45, 2.75) is 52.0 Å². The number of hydrogen-bond donors (Lipinski definition) is 1. The monoisotopic (exact) mass is 275 g/mol. The fourth-order valence-electron chi connectivity index (χ4n) is 2.50. The number of rotatable bonds is 7. The quantitative estimate of drug-likeness (QED) is 0.837. The topological polar surface area (TPSA) is 68.0 Å². The van der Waals surface area contributed by atoms with Crippen molar-refractivity contribution in [2.75, 3.05) is 0 Å². The maximum atomic E-state index is 11.1. The molecule has 0 aliphatic carbocycles. The van der Waals surface area contributed by atoms with Crippen molar-refractivity contribution in [3.05, 3.63) is 23.8 Å². The molecule has 1 N–H and O–H groups in total. The Morgan fingerprint density at radius 2 is 2.10 bits per heavy atom. The molecule has 1 aromatic carbocycles. The largest absolute Gasteiger partial charge is 0.478 e. The molecule has 2 rings (SSSR count). The number of benzene rings is 1. The molecule has 108 valence electrons. The number of aromatic nitrogens is 3. The third-order valence-corrected chi connectivity index (χ3v) is 3.58. The van der Waals surface area contributed by atoms with Crippen molar-refractivity contribution in [3.63, 3.8) is 0 Å². The molecule has 0 bridgehead atoms. The van der Waals surface area contributed by atoms with Crippen molar-refractivity contribution in [1.29, 1.82) is 0 Å². The molecule has 0 saturated heterocycles. The summed E-state index contributed by atoms with van der Waals surface area (Å²) in [4.78, 5) is 11.1. The van der Waals surface area contributed by atoms with Gasteiger partial charge in [-0.1, -0.05) is 38.3 Å². The first-order valence-corrected chi connectivity index (χ1v) is 7.25. The van der Waals surface area contributed by atoms with Crippen molar-refractivity contribution in [2.24, 2.45) is 0 Å². The van der Waals surface area contributed by atoms with Crippen LogP contribution in [0.25, 0.3) is 11.0 Å². The van der Waals surface area contributed by atoms with E-state index in [9.17, 15) is 4.79 Å². The molecule has 0 aliphatic heterocycles. The molecule has 1 atom stereocenters. The minimum atomic E-state index is -0.916. The number of aromatic carboxylic acids is 1. The van der Waals surface area contributed by atoms with E-state index in [2.05, 4.69) is 24.2 Å². The number of hydrogen-bond acceptors (Lipinski definition) is 3. The summed E-state index contributed by atoms with van der Waals surface area (Å²) in [5, 5.41) is 17.5. The van der Waals surface area contributed by atoms with Gasteiger partial charge in [0.2, 0.25) is 0 Å². The zero-order valence-electron chi connectivity index (χ0n) is 12.0. The smallest absolute Gasteiger partial charge is 0.335 e. The van der Waals surface area contributed by atoms with Gasteiger partial charge in [0.25, 0.3) is 0 Å². The van der Waals surface area contributed by atoms with E-state index in [-0.39, 0.29) is 5.56 Å². The maximum absolute atomic E-state index is 11.1. The third-order valence-electron chi connectivity index (χ3n) is 3.58. The number of carboxylic acids is 1. The van der Waals surface area contributed by atoms with Crippen LogP contribution in [0.4, 0.5) is 0 Å². The van der Waals surface area contributed by atoms with Crippen LogP contribution < -0.4 is 0 Å². The van der Waals surface area contributed by atoms with E-state index in [1.807, 2.05) is 4.68 Å². The highest BCUT2D eigenvalue weighted by Crippen LogP contribution is 2.25. The van der Waals surface area contributed by atoms with Gasteiger partial charge in [-0.2, -0.15) is 0 Å². The Kier molecular flexibility index (Phi) is 4.71. The van der Waals surface area contributed by atoms with Crippen LogP contribution in [0.15, 0.2) is 18.2 Å². The van der Waals surface area contributed by atoms with E-state index in [0.29, 0.717) is 6.04 Å². The molecule has 0 saturated carbocycles. The number of unbranched alkanes of at least 4 members (excludes halogenated alkanes) is 1. The molecule has 5 nitrogen and oxygen atoms in total. The summed E-state index contributed by atoms with van der Waals surface area (Å²) in [7, 11) is 0. The summed E-state index contributed by atoms with van der Waals surface area (Å²) >= 11 is 0. The highest BCUT2D eigenvalue weighted by molar-refractivity contribution is 5.92. The normalized spacial score (nSPS) is 12.7. The van der Waals surface area contributed by atoms with Crippen LogP contribution in [-0.2, 0) is 0 Å². The van der Waals surface area contributed by atoms with Crippen molar-refractivity contribution in [3.8, 4) is 0 Å². The molecule has 1 unspecified atom stereocenters. The highest BCUT2D eigenvalue weighted by Gasteiger charge is 2.16. The van der Waals surface area contributed by atoms with Crippen LogP contribution in [0.5, 0.6) is 0 Å². The Bertz CT molecular complexity index is 592. The van der Waals surface area contributed by atoms with Gasteiger partial charge in [0.05, 0.1) is 17.1 Å². The molecular formula is C15H21N3O2. The second kappa shape index (κ2) is 6.50. The molecule has 1 aromatic heterocycles. The first kappa shape index (κ1) is 14.5. The molecule has 20 heavy (non-hydrogen) atoms. The van der Waals surface area contributed by atoms with E-state index in [1.165, 1.54) is 0 Å². The molecular weight excluding hydrogens is 254 g/mol. The van der Waals surface area contributed by atoms with Crippen molar-refractivity contribution in [1.82, 2.24) is 15.0 Å². The first-order chi connectivity index (χ1) is 9.67. The van der Waals surface area contributed by atoms with Crippen LogP contribution in [0.3, 0.4) is 0 Å². The molecule has 0 aliphatic rings. The van der Waals surface area contributed by atoms with E-state index in [4.69, 9.17) is 5.11 Å². The van der Waals surface area contributed by atoms with Crippen LogP contribution >= 0.6 is 0 Å². The molecule has 0 spiro atoms. The van der Waals surface area contributed by atoms with Gasteiger partial charge < -0.3 is 5.11 Å². The molecule has 5 heteroatoms. The van der Waals surface area contributed by atoms with E-state index in [0.717, 1.165) is 43.1 Å². The second-order valence-electron chi connectivity index (χ2n) is 5.13. The first-order valence-electron chi connectivity index (χ1n) is 7.25. The standard InChI is InChI=1S/C15H21N3O2/c1-3-5-7-12(6-4-2)18-14-10-11(15(19)20)8-9-13(14)16-17-18/h8-10,12H,3-7H2,1-2H3,(H,19,20). The zero-order valence-corrected chi connectivity index (χ0v) is 12.0. The lowest BCUT2D eigenvalue weighted by Gasteiger charge is -2.16. The van der Waals surface area contributed by atoms with Gasteiger partial charge in [-0.3, -0.25) is 0 Å². The van der Waals surface area contributed by atoms with Gasteiger partial charge in [0.1, 0.15) is 5.52 Å². The number of fused-ring (bicyclic) bond motifs is 1. The van der Waals surface area contributed by atoms with Gasteiger partial charge in [0.15, 0.2) is 0 Å². The maximum Gasteiger partial charge on any atom is 0.335 e. The van der Waals surface area contributed by atoms with Gasteiger partial charge in [0, 0.05) is 0 Å². The summed E-state index contributed by atoms with van der Waals surface area (Å²) in [6, 6.07) is 5.27. The average Bonchev–Trinajstić information content (AvgIpc) is 2.86. The Morgan fingerprint density at radius 1 is 1.30 bits per heavy atom. The van der Waals surface area contributed by atoms with Crippen molar-refractivity contribution >= 4 is 17.0 Å². The van der Waals surface area contributed by atoms with Gasteiger partial charge in [-0.05, 0) is 31.0 Å². The Balaban J connectivity index is 2.40. The lowest BCUT2D eigenvalue weighted by atomic mass is 10.0. The summed E-state index contributed by atoms with van der Waals surface area (Å²) < 4.78 is 1.90. The Labute approximate surface area is 118 Å². The minimum Gasteiger partial charge on any atom is -0.478 e. The molecule has 1 heterocycles. The van der Waals surface area contributed by atoms with Crippen LogP contribution in [-0.4, -0.2) is 26.1 Å². The molecule has 0 amide bonds.